The van der Waals surface area contributed by atoms with Gasteiger partial charge in [0, 0.05) is 38.9 Å². The van der Waals surface area contributed by atoms with E-state index >= 15 is 0 Å². The Kier molecular flexibility index (Phi) is 6.10. The number of nitro benzene ring substituents is 1. The van der Waals surface area contributed by atoms with Gasteiger partial charge in [-0.3, -0.25) is 14.9 Å². The van der Waals surface area contributed by atoms with Crippen LogP contribution in [0.15, 0.2) is 18.2 Å². The molecule has 0 fully saturated rings. The Balaban J connectivity index is 2.99. The molecule has 1 N–H and O–H groups in total. The SMILES string of the molecule is CCOC(C)CNc1cc(C(=O)N(C)C)ccc1[N+](=O)[O-]. The molecule has 21 heavy (non-hydrogen) atoms. The smallest absolute Gasteiger partial charge is 0.292 e. The lowest BCUT2D eigenvalue weighted by Gasteiger charge is -2.15. The maximum absolute atomic E-state index is 11.9. The third-order valence-electron chi connectivity index (χ3n) is 2.88. The Morgan fingerprint density at radius 2 is 2.14 bits per heavy atom. The minimum absolute atomic E-state index is 0.0611. The molecule has 0 radical (unpaired) electrons. The quantitative estimate of drug-likeness (QED) is 0.615. The second-order valence-corrected chi connectivity index (χ2v) is 4.84. The Morgan fingerprint density at radius 3 is 2.67 bits per heavy atom. The van der Waals surface area contributed by atoms with Crippen LogP contribution in [0.5, 0.6) is 0 Å². The number of nitrogens with one attached hydrogen (secondary N) is 1. The highest BCUT2D eigenvalue weighted by Crippen LogP contribution is 2.26. The van der Waals surface area contributed by atoms with Crippen molar-refractivity contribution in [3.8, 4) is 0 Å². The molecular formula is C14H21N3O4. The van der Waals surface area contributed by atoms with Gasteiger partial charge in [-0.05, 0) is 26.0 Å². The summed E-state index contributed by atoms with van der Waals surface area (Å²) in [5.74, 6) is -0.203. The van der Waals surface area contributed by atoms with Gasteiger partial charge in [0.1, 0.15) is 5.69 Å². The maximum Gasteiger partial charge on any atom is 0.292 e. The zero-order valence-corrected chi connectivity index (χ0v) is 12.8. The molecule has 116 valence electrons. The van der Waals surface area contributed by atoms with Crippen molar-refractivity contribution in [2.75, 3.05) is 32.6 Å². The lowest BCUT2D eigenvalue weighted by molar-refractivity contribution is -0.384. The molecule has 1 unspecified atom stereocenters. The number of nitrogens with zero attached hydrogens (tertiary/aromatic N) is 2. The number of benzene rings is 1. The number of rotatable bonds is 7. The van der Waals surface area contributed by atoms with E-state index in [1.807, 2.05) is 13.8 Å². The van der Waals surface area contributed by atoms with E-state index in [-0.39, 0.29) is 17.7 Å². The molecule has 1 aromatic rings. The molecule has 0 aromatic heterocycles. The van der Waals surface area contributed by atoms with Crippen LogP contribution in [0.2, 0.25) is 0 Å². The largest absolute Gasteiger partial charge is 0.377 e. The van der Waals surface area contributed by atoms with Crippen LogP contribution < -0.4 is 5.32 Å². The molecule has 0 aliphatic carbocycles. The van der Waals surface area contributed by atoms with Gasteiger partial charge >= 0.3 is 0 Å². The van der Waals surface area contributed by atoms with Crippen molar-refractivity contribution in [2.45, 2.75) is 20.0 Å². The first-order chi connectivity index (χ1) is 9.86. The highest BCUT2D eigenvalue weighted by atomic mass is 16.6. The molecule has 7 nitrogen and oxygen atoms in total. The molecule has 0 aliphatic heterocycles. The zero-order chi connectivity index (χ0) is 16.0. The molecule has 0 saturated carbocycles. The monoisotopic (exact) mass is 295 g/mol. The summed E-state index contributed by atoms with van der Waals surface area (Å²) in [6.45, 7) is 4.75. The van der Waals surface area contributed by atoms with Crippen molar-refractivity contribution in [2.24, 2.45) is 0 Å². The number of hydrogen-bond donors (Lipinski definition) is 1. The highest BCUT2D eigenvalue weighted by Gasteiger charge is 2.18. The van der Waals surface area contributed by atoms with E-state index in [0.717, 1.165) is 0 Å². The maximum atomic E-state index is 11.9. The molecule has 0 heterocycles. The molecule has 1 amide bonds. The third kappa shape index (κ3) is 4.71. The number of nitro groups is 1. The van der Waals surface area contributed by atoms with E-state index in [1.165, 1.54) is 23.1 Å². The van der Waals surface area contributed by atoms with E-state index in [0.29, 0.717) is 24.4 Å². The molecular weight excluding hydrogens is 274 g/mol. The molecule has 1 rings (SSSR count). The van der Waals surface area contributed by atoms with Crippen molar-refractivity contribution in [3.63, 3.8) is 0 Å². The summed E-state index contributed by atoms with van der Waals surface area (Å²) in [6, 6.07) is 4.29. The predicted molar refractivity (Wildman–Crippen MR) is 80.7 cm³/mol. The first-order valence-corrected chi connectivity index (χ1v) is 6.72. The first kappa shape index (κ1) is 16.9. The molecule has 1 aromatic carbocycles. The van der Waals surface area contributed by atoms with Gasteiger partial charge in [-0.25, -0.2) is 0 Å². The number of anilines is 1. The van der Waals surface area contributed by atoms with Crippen LogP contribution in [0, 0.1) is 10.1 Å². The van der Waals surface area contributed by atoms with Gasteiger partial charge in [0.05, 0.1) is 11.0 Å². The second kappa shape index (κ2) is 7.58. The van der Waals surface area contributed by atoms with Gasteiger partial charge in [-0.2, -0.15) is 0 Å². The summed E-state index contributed by atoms with van der Waals surface area (Å²) in [7, 11) is 3.27. The van der Waals surface area contributed by atoms with E-state index in [4.69, 9.17) is 4.74 Å². The number of hydrogen-bond acceptors (Lipinski definition) is 5. The van der Waals surface area contributed by atoms with Crippen LogP contribution >= 0.6 is 0 Å². The summed E-state index contributed by atoms with van der Waals surface area (Å²) >= 11 is 0. The van der Waals surface area contributed by atoms with Gasteiger partial charge in [-0.1, -0.05) is 0 Å². The van der Waals surface area contributed by atoms with Crippen LogP contribution in [0.3, 0.4) is 0 Å². The number of ether oxygens (including phenoxy) is 1. The summed E-state index contributed by atoms with van der Waals surface area (Å²) in [4.78, 5) is 23.9. The lowest BCUT2D eigenvalue weighted by atomic mass is 10.1. The lowest BCUT2D eigenvalue weighted by Crippen LogP contribution is -2.23. The highest BCUT2D eigenvalue weighted by molar-refractivity contribution is 5.95. The van der Waals surface area contributed by atoms with Gasteiger partial charge in [0.2, 0.25) is 0 Å². The summed E-state index contributed by atoms with van der Waals surface area (Å²) < 4.78 is 5.37. The number of carbonyl (C=O) groups excluding carboxylic acids is 1. The molecule has 0 aliphatic rings. The predicted octanol–water partition coefficient (Wildman–Crippen LogP) is 2.13. The number of amides is 1. The fraction of sp³-hybridized carbons (Fsp3) is 0.500. The minimum atomic E-state index is -0.475. The Morgan fingerprint density at radius 1 is 1.48 bits per heavy atom. The van der Waals surface area contributed by atoms with E-state index in [9.17, 15) is 14.9 Å². The first-order valence-electron chi connectivity index (χ1n) is 6.72. The molecule has 1 atom stereocenters. The van der Waals surface area contributed by atoms with Crippen molar-refractivity contribution < 1.29 is 14.5 Å². The molecule has 0 saturated heterocycles. The zero-order valence-electron chi connectivity index (χ0n) is 12.8. The van der Waals surface area contributed by atoms with Crippen LogP contribution in [0.4, 0.5) is 11.4 Å². The van der Waals surface area contributed by atoms with Crippen molar-refractivity contribution in [1.82, 2.24) is 4.90 Å². The van der Waals surface area contributed by atoms with Gasteiger partial charge in [0.15, 0.2) is 0 Å². The van der Waals surface area contributed by atoms with E-state index < -0.39 is 4.92 Å². The summed E-state index contributed by atoms with van der Waals surface area (Å²) in [5, 5.41) is 14.0. The molecule has 0 bridgehead atoms. The summed E-state index contributed by atoms with van der Waals surface area (Å²) in [6.07, 6.45) is -0.0807. The number of carbonyl (C=O) groups is 1. The van der Waals surface area contributed by atoms with Gasteiger partial charge in [0.25, 0.3) is 11.6 Å². The van der Waals surface area contributed by atoms with Crippen LogP contribution in [0.25, 0.3) is 0 Å². The van der Waals surface area contributed by atoms with Crippen LogP contribution in [0.1, 0.15) is 24.2 Å². The fourth-order valence-corrected chi connectivity index (χ4v) is 1.83. The van der Waals surface area contributed by atoms with Gasteiger partial charge in [-0.15, -0.1) is 0 Å². The van der Waals surface area contributed by atoms with Crippen molar-refractivity contribution >= 4 is 17.3 Å². The van der Waals surface area contributed by atoms with Crippen molar-refractivity contribution in [3.05, 3.63) is 33.9 Å². The Labute approximate surface area is 124 Å². The summed E-state index contributed by atoms with van der Waals surface area (Å²) in [5.41, 5.74) is 0.658. The second-order valence-electron chi connectivity index (χ2n) is 4.84. The normalized spacial score (nSPS) is 11.8. The minimum Gasteiger partial charge on any atom is -0.377 e. The average Bonchev–Trinajstić information content (AvgIpc) is 2.44. The standard InChI is InChI=1S/C14H21N3O4/c1-5-21-10(2)9-15-12-8-11(14(18)16(3)4)6-7-13(12)17(19)20/h6-8,10,15H,5,9H2,1-4H3. The topological polar surface area (TPSA) is 84.7 Å². The van der Waals surface area contributed by atoms with E-state index in [1.54, 1.807) is 14.1 Å². The van der Waals surface area contributed by atoms with Crippen LogP contribution in [-0.2, 0) is 4.74 Å². The molecule has 0 spiro atoms. The fourth-order valence-electron chi connectivity index (χ4n) is 1.83. The van der Waals surface area contributed by atoms with Gasteiger partial charge < -0.3 is 15.0 Å². The van der Waals surface area contributed by atoms with Crippen molar-refractivity contribution in [1.29, 1.82) is 0 Å². The Bertz CT molecular complexity index is 517. The van der Waals surface area contributed by atoms with E-state index in [2.05, 4.69) is 5.32 Å². The average molecular weight is 295 g/mol. The Hall–Kier alpha value is -2.15. The third-order valence-corrected chi connectivity index (χ3v) is 2.88. The molecule has 7 heteroatoms. The van der Waals surface area contributed by atoms with Crippen LogP contribution in [-0.4, -0.2) is 49.1 Å².